The predicted molar refractivity (Wildman–Crippen MR) is 193 cm³/mol. The van der Waals surface area contributed by atoms with Gasteiger partial charge >= 0.3 is 0 Å². The van der Waals surface area contributed by atoms with E-state index in [1.165, 1.54) is 19.2 Å². The van der Waals surface area contributed by atoms with Gasteiger partial charge in [0.1, 0.15) is 41.0 Å². The maximum Gasteiger partial charge on any atom is 0.276 e. The highest BCUT2D eigenvalue weighted by atomic mass is 16.2. The number of fused-ring (bicyclic) bond motifs is 3. The second-order valence-electron chi connectivity index (χ2n) is 15.6. The minimum absolute atomic E-state index is 0.0479. The first-order valence-electron chi connectivity index (χ1n) is 18.5. The molecule has 1 aromatic carbocycles. The van der Waals surface area contributed by atoms with Gasteiger partial charge in [-0.25, -0.2) is 9.97 Å². The Morgan fingerprint density at radius 3 is 2.28 bits per heavy atom. The lowest BCUT2D eigenvalue weighted by Gasteiger charge is -2.39. The van der Waals surface area contributed by atoms with E-state index in [1.807, 2.05) is 11.8 Å². The first-order valence-corrected chi connectivity index (χ1v) is 18.5. The van der Waals surface area contributed by atoms with Crippen molar-refractivity contribution < 1.29 is 28.8 Å². The van der Waals surface area contributed by atoms with Crippen LogP contribution >= 0.6 is 0 Å². The first kappa shape index (κ1) is 33.9. The summed E-state index contributed by atoms with van der Waals surface area (Å²) in [6, 6.07) is 7.19. The lowest BCUT2D eigenvalue weighted by atomic mass is 9.79. The lowest BCUT2D eigenvalue weighted by molar-refractivity contribution is -0.136. The second kappa shape index (κ2) is 12.3. The number of benzene rings is 1. The zero-order valence-corrected chi connectivity index (χ0v) is 29.7. The maximum absolute atomic E-state index is 13.9. The van der Waals surface area contributed by atoms with Crippen molar-refractivity contribution in [3.63, 3.8) is 0 Å². The normalized spacial score (nSPS) is 22.6. The number of pyridine rings is 1. The van der Waals surface area contributed by atoms with Crippen LogP contribution in [0.4, 0.5) is 23.0 Å². The smallest absolute Gasteiger partial charge is 0.276 e. The molecule has 1 unspecified atom stereocenters. The number of hydrogen-bond donors (Lipinski definition) is 4. The summed E-state index contributed by atoms with van der Waals surface area (Å²) in [6.45, 7) is 2.86. The van der Waals surface area contributed by atoms with Crippen LogP contribution in [0.3, 0.4) is 0 Å². The summed E-state index contributed by atoms with van der Waals surface area (Å²) in [5.74, 6) is -2.37. The highest BCUT2D eigenvalue weighted by Crippen LogP contribution is 2.59. The molecule has 6 heterocycles. The summed E-state index contributed by atoms with van der Waals surface area (Å²) in [6.07, 6.45) is 8.31. The van der Waals surface area contributed by atoms with Gasteiger partial charge in [0.2, 0.25) is 17.7 Å². The Balaban J connectivity index is 0.843. The fourth-order valence-corrected chi connectivity index (χ4v) is 8.99. The molecular formula is C38H39N9O7. The van der Waals surface area contributed by atoms with Crippen LogP contribution in [0.25, 0.3) is 0 Å². The summed E-state index contributed by atoms with van der Waals surface area (Å²) < 4.78 is 1.65. The van der Waals surface area contributed by atoms with Crippen molar-refractivity contribution in [2.24, 2.45) is 11.3 Å². The van der Waals surface area contributed by atoms with Gasteiger partial charge in [-0.15, -0.1) is 0 Å². The molecular weight excluding hydrogens is 694 g/mol. The molecule has 2 aromatic heterocycles. The summed E-state index contributed by atoms with van der Waals surface area (Å²) in [5, 5.41) is 11.3. The first-order chi connectivity index (χ1) is 25.9. The molecule has 0 radical (unpaired) electrons. The number of nitrogens with zero attached hydrogens (tertiary/aromatic N) is 5. The highest BCUT2D eigenvalue weighted by molar-refractivity contribution is 6.23. The van der Waals surface area contributed by atoms with E-state index in [0.29, 0.717) is 48.4 Å². The molecule has 16 heteroatoms. The Hall–Kier alpha value is -5.93. The van der Waals surface area contributed by atoms with E-state index < -0.39 is 35.3 Å². The molecule has 2 aliphatic carbocycles. The Bertz CT molecular complexity index is 2240. The molecule has 2 spiro atoms. The average Bonchev–Trinajstić information content (AvgIpc) is 3.80. The van der Waals surface area contributed by atoms with Gasteiger partial charge in [0, 0.05) is 37.2 Å². The molecule has 0 bridgehead atoms. The van der Waals surface area contributed by atoms with Crippen LogP contribution in [-0.4, -0.2) is 74.0 Å². The standard InChI is InChI=1S/C38H39N9O7/c1-20-16-25(36(54)47-30(20)33(51)44-38(47)12-10-37(8-9-37)11-13-38)41-27-18-28(40-19-39-27)42-31(49)21-6-14-45(15-7-21)22-2-3-23-24(17-22)35(53)46(34(23)52)26-4-5-29(48)43-32(26)50/h2-3,16-19,21,26H,4-15H2,1H3,(H,44,51)(H,43,48,50)(H2,39,40,41,42,49). The number of carbonyl (C=O) groups is 6. The van der Waals surface area contributed by atoms with Gasteiger partial charge in [-0.1, -0.05) is 0 Å². The molecule has 278 valence electrons. The van der Waals surface area contributed by atoms with Crippen LogP contribution in [0.2, 0.25) is 0 Å². The van der Waals surface area contributed by atoms with E-state index >= 15 is 0 Å². The third-order valence-electron chi connectivity index (χ3n) is 12.3. The predicted octanol–water partition coefficient (Wildman–Crippen LogP) is 2.70. The van der Waals surface area contributed by atoms with Gasteiger partial charge in [0.15, 0.2) is 0 Å². The molecule has 3 aromatic rings. The van der Waals surface area contributed by atoms with Crippen LogP contribution in [-0.2, 0) is 20.0 Å². The molecule has 4 fully saturated rings. The van der Waals surface area contributed by atoms with E-state index in [0.717, 1.165) is 36.3 Å². The van der Waals surface area contributed by atoms with Crippen molar-refractivity contribution >= 4 is 58.5 Å². The van der Waals surface area contributed by atoms with Gasteiger partial charge in [0.05, 0.1) is 11.1 Å². The molecule has 6 aliphatic rings. The average molecular weight is 734 g/mol. The Morgan fingerprint density at radius 2 is 1.56 bits per heavy atom. The van der Waals surface area contributed by atoms with E-state index in [1.54, 1.807) is 34.9 Å². The van der Waals surface area contributed by atoms with E-state index in [-0.39, 0.29) is 58.8 Å². The number of amides is 6. The third-order valence-corrected chi connectivity index (χ3v) is 12.3. The number of anilines is 4. The molecule has 54 heavy (non-hydrogen) atoms. The molecule has 6 amide bonds. The Morgan fingerprint density at radius 1 is 0.852 bits per heavy atom. The molecule has 4 N–H and O–H groups in total. The molecule has 2 saturated heterocycles. The molecule has 9 rings (SSSR count). The number of piperidine rings is 2. The number of hydrogen-bond acceptors (Lipinski definition) is 11. The topological polar surface area (TPSA) is 205 Å². The number of aryl methyl sites for hydroxylation is 1. The minimum atomic E-state index is -1.03. The van der Waals surface area contributed by atoms with Crippen molar-refractivity contribution in [1.29, 1.82) is 0 Å². The fourth-order valence-electron chi connectivity index (χ4n) is 8.99. The van der Waals surface area contributed by atoms with Crippen molar-refractivity contribution in [2.45, 2.75) is 82.8 Å². The van der Waals surface area contributed by atoms with Gasteiger partial charge < -0.3 is 20.9 Å². The number of imide groups is 2. The number of carbonyl (C=O) groups excluding carboxylic acids is 6. The van der Waals surface area contributed by atoms with Crippen LogP contribution in [0.5, 0.6) is 0 Å². The molecule has 16 nitrogen and oxygen atoms in total. The quantitative estimate of drug-likeness (QED) is 0.271. The largest absolute Gasteiger partial charge is 0.371 e. The summed E-state index contributed by atoms with van der Waals surface area (Å²) in [4.78, 5) is 102. The van der Waals surface area contributed by atoms with Crippen molar-refractivity contribution in [1.82, 2.24) is 30.1 Å². The van der Waals surface area contributed by atoms with E-state index in [9.17, 15) is 33.6 Å². The second-order valence-corrected chi connectivity index (χ2v) is 15.6. The van der Waals surface area contributed by atoms with Crippen LogP contribution in [0.1, 0.15) is 101 Å². The Kier molecular flexibility index (Phi) is 7.73. The number of aromatic nitrogens is 3. The summed E-state index contributed by atoms with van der Waals surface area (Å²) in [5.41, 5.74) is 1.86. The van der Waals surface area contributed by atoms with Crippen LogP contribution in [0, 0.1) is 18.3 Å². The SMILES string of the molecule is Cc1cc(Nc2cc(NC(=O)C3CCN(c4ccc5c(c4)C(=O)N(C4CCC(=O)NC4=O)C5=O)CC3)ncn2)c(=O)n2c1C(=O)NC21CCC2(CC2)CC1. The zero-order valence-electron chi connectivity index (χ0n) is 29.7. The van der Waals surface area contributed by atoms with E-state index in [4.69, 9.17) is 0 Å². The molecule has 2 saturated carbocycles. The van der Waals surface area contributed by atoms with Crippen LogP contribution in [0.15, 0.2) is 41.5 Å². The number of nitrogens with one attached hydrogen (secondary N) is 4. The minimum Gasteiger partial charge on any atom is -0.371 e. The molecule has 1 atom stereocenters. The Labute approximate surface area is 309 Å². The van der Waals surface area contributed by atoms with Gasteiger partial charge in [-0.2, -0.15) is 0 Å². The van der Waals surface area contributed by atoms with Gasteiger partial charge in [-0.3, -0.25) is 48.3 Å². The van der Waals surface area contributed by atoms with Crippen molar-refractivity contribution in [3.8, 4) is 0 Å². The van der Waals surface area contributed by atoms with Gasteiger partial charge in [-0.05, 0) is 100.0 Å². The van der Waals surface area contributed by atoms with Crippen LogP contribution < -0.4 is 31.7 Å². The highest BCUT2D eigenvalue weighted by Gasteiger charge is 2.54. The van der Waals surface area contributed by atoms with Crippen molar-refractivity contribution in [2.75, 3.05) is 28.6 Å². The summed E-state index contributed by atoms with van der Waals surface area (Å²) in [7, 11) is 0. The third kappa shape index (κ3) is 5.53. The fraction of sp³-hybridized carbons (Fsp3) is 0.447. The van der Waals surface area contributed by atoms with Crippen molar-refractivity contribution in [3.05, 3.63) is 69.4 Å². The van der Waals surface area contributed by atoms with Gasteiger partial charge in [0.25, 0.3) is 23.3 Å². The summed E-state index contributed by atoms with van der Waals surface area (Å²) >= 11 is 0. The number of rotatable bonds is 6. The maximum atomic E-state index is 13.9. The lowest BCUT2D eigenvalue weighted by Crippen LogP contribution is -2.54. The monoisotopic (exact) mass is 733 g/mol. The molecule has 4 aliphatic heterocycles. The van der Waals surface area contributed by atoms with E-state index in [2.05, 4.69) is 31.2 Å². The zero-order chi connectivity index (χ0) is 37.5.